The van der Waals surface area contributed by atoms with Crippen LogP contribution in [0.25, 0.3) is 0 Å². The molecule has 4 heteroatoms. The first-order chi connectivity index (χ1) is 6.74. The number of para-hydroxylation sites is 2. The van der Waals surface area contributed by atoms with Crippen molar-refractivity contribution < 1.29 is 4.18 Å². The van der Waals surface area contributed by atoms with Gasteiger partial charge in [0.2, 0.25) is 0 Å². The van der Waals surface area contributed by atoms with Crippen LogP contribution in [0.4, 0.5) is 5.69 Å². The van der Waals surface area contributed by atoms with Gasteiger partial charge in [0, 0.05) is 5.75 Å². The van der Waals surface area contributed by atoms with E-state index in [0.29, 0.717) is 0 Å². The molecule has 1 aromatic carbocycles. The van der Waals surface area contributed by atoms with Gasteiger partial charge in [-0.25, -0.2) is 0 Å². The molecule has 0 bridgehead atoms. The van der Waals surface area contributed by atoms with Gasteiger partial charge in [0.05, 0.1) is 22.7 Å². The zero-order valence-electron chi connectivity index (χ0n) is 8.24. The summed E-state index contributed by atoms with van der Waals surface area (Å²) < 4.78 is 5.48. The molecular weight excluding hydrogens is 214 g/mol. The molecule has 0 spiro atoms. The third-order valence-electron chi connectivity index (χ3n) is 1.46. The van der Waals surface area contributed by atoms with Crippen LogP contribution in [-0.2, 0) is 0 Å². The Morgan fingerprint density at radius 3 is 2.86 bits per heavy atom. The largest absolute Gasteiger partial charge is 0.424 e. The highest BCUT2D eigenvalue weighted by Gasteiger charge is 2.02. The highest BCUT2D eigenvalue weighted by molar-refractivity contribution is 7.94. The molecule has 0 aliphatic carbocycles. The van der Waals surface area contributed by atoms with Gasteiger partial charge in [0.15, 0.2) is 5.75 Å². The maximum absolute atomic E-state index is 5.48. The molecule has 0 saturated heterocycles. The first-order valence-electron chi connectivity index (χ1n) is 4.40. The summed E-state index contributed by atoms with van der Waals surface area (Å²) in [4.78, 5) is 0.738. The van der Waals surface area contributed by atoms with Crippen molar-refractivity contribution in [3.63, 3.8) is 0 Å². The van der Waals surface area contributed by atoms with E-state index in [1.54, 1.807) is 0 Å². The van der Waals surface area contributed by atoms with Crippen LogP contribution in [0.2, 0.25) is 0 Å². The van der Waals surface area contributed by atoms with Gasteiger partial charge in [-0.15, -0.1) is 0 Å². The highest BCUT2D eigenvalue weighted by Crippen LogP contribution is 2.26. The molecule has 0 aliphatic rings. The van der Waals surface area contributed by atoms with Gasteiger partial charge in [0.1, 0.15) is 0 Å². The quantitative estimate of drug-likeness (QED) is 0.627. The number of thiocarbonyl (C=S) groups is 1. The Kier molecular flexibility index (Phi) is 4.76. The molecule has 0 atom stereocenters. The van der Waals surface area contributed by atoms with Gasteiger partial charge in [-0.05, 0) is 19.1 Å². The van der Waals surface area contributed by atoms with Gasteiger partial charge in [-0.3, -0.25) is 0 Å². The molecule has 0 heterocycles. The maximum Gasteiger partial charge on any atom is 0.160 e. The van der Waals surface area contributed by atoms with E-state index in [1.807, 2.05) is 38.1 Å². The van der Waals surface area contributed by atoms with Crippen molar-refractivity contribution in [1.82, 2.24) is 0 Å². The van der Waals surface area contributed by atoms with Gasteiger partial charge in [-0.2, -0.15) is 0 Å². The minimum absolute atomic E-state index is 0.738. The fraction of sp³-hybridized carbons (Fsp3) is 0.300. The Balaban J connectivity index is 2.74. The molecule has 0 unspecified atom stereocenters. The Hall–Kier alpha value is -0.740. The van der Waals surface area contributed by atoms with E-state index in [4.69, 9.17) is 16.4 Å². The molecule has 1 rings (SSSR count). The lowest BCUT2D eigenvalue weighted by Gasteiger charge is -2.09. The molecule has 76 valence electrons. The van der Waals surface area contributed by atoms with Crippen molar-refractivity contribution in [3.05, 3.63) is 24.3 Å². The smallest absolute Gasteiger partial charge is 0.160 e. The summed E-state index contributed by atoms with van der Waals surface area (Å²) in [5, 5.41) is 3.08. The summed E-state index contributed by atoms with van der Waals surface area (Å²) in [7, 11) is 0. The van der Waals surface area contributed by atoms with Crippen LogP contribution in [0.3, 0.4) is 0 Å². The zero-order chi connectivity index (χ0) is 10.4. The molecular formula is C10H13NOS2. The average Bonchev–Trinajstić information content (AvgIpc) is 2.16. The number of benzene rings is 1. The van der Waals surface area contributed by atoms with Crippen molar-refractivity contribution in [2.75, 3.05) is 11.1 Å². The molecule has 1 N–H and O–H groups in total. The predicted molar refractivity (Wildman–Crippen MR) is 67.1 cm³/mol. The van der Waals surface area contributed by atoms with Crippen LogP contribution in [0.5, 0.6) is 5.75 Å². The zero-order valence-corrected chi connectivity index (χ0v) is 9.87. The minimum atomic E-state index is 0.738. The van der Waals surface area contributed by atoms with E-state index in [0.717, 1.165) is 22.2 Å². The molecule has 0 aliphatic heterocycles. The summed E-state index contributed by atoms with van der Waals surface area (Å²) in [6, 6.07) is 7.75. The van der Waals surface area contributed by atoms with Crippen LogP contribution >= 0.6 is 24.3 Å². The van der Waals surface area contributed by atoms with Gasteiger partial charge in [-0.1, -0.05) is 31.3 Å². The van der Waals surface area contributed by atoms with E-state index in [9.17, 15) is 0 Å². The molecule has 0 saturated carbocycles. The summed E-state index contributed by atoms with van der Waals surface area (Å²) in [6.07, 6.45) is 0. The van der Waals surface area contributed by atoms with Crippen LogP contribution < -0.4 is 9.50 Å². The van der Waals surface area contributed by atoms with Crippen molar-refractivity contribution in [1.29, 1.82) is 0 Å². The van der Waals surface area contributed by atoms with Crippen LogP contribution in [0, 0.1) is 0 Å². The summed E-state index contributed by atoms with van der Waals surface area (Å²) >= 11 is 6.40. The van der Waals surface area contributed by atoms with Crippen molar-refractivity contribution >= 4 is 34.9 Å². The van der Waals surface area contributed by atoms with Gasteiger partial charge >= 0.3 is 0 Å². The SMILES string of the molecule is CCSOc1ccccc1NC(C)=S. The molecule has 0 fully saturated rings. The van der Waals surface area contributed by atoms with Crippen molar-refractivity contribution in [2.45, 2.75) is 13.8 Å². The number of anilines is 1. The van der Waals surface area contributed by atoms with Crippen LogP contribution in [0.1, 0.15) is 13.8 Å². The number of rotatable bonds is 4. The standard InChI is InChI=1S/C10H13NOS2/c1-3-14-12-10-7-5-4-6-9(10)11-8(2)13/h4-7H,3H2,1-2H3,(H,11,13). The predicted octanol–water partition coefficient (Wildman–Crippen LogP) is 3.49. The van der Waals surface area contributed by atoms with Crippen LogP contribution in [-0.4, -0.2) is 10.7 Å². The normalized spacial score (nSPS) is 9.57. The molecule has 2 nitrogen and oxygen atoms in total. The average molecular weight is 227 g/mol. The second kappa shape index (κ2) is 5.88. The Labute approximate surface area is 94.2 Å². The molecule has 1 aromatic rings. The molecule has 0 radical (unpaired) electrons. The van der Waals surface area contributed by atoms with E-state index < -0.39 is 0 Å². The topological polar surface area (TPSA) is 21.3 Å². The first-order valence-corrected chi connectivity index (χ1v) is 5.72. The molecule has 0 amide bonds. The number of hydrogen-bond acceptors (Lipinski definition) is 3. The fourth-order valence-corrected chi connectivity index (χ4v) is 1.45. The molecule has 0 aromatic heterocycles. The van der Waals surface area contributed by atoms with Crippen molar-refractivity contribution in [2.24, 2.45) is 0 Å². The Morgan fingerprint density at radius 1 is 1.50 bits per heavy atom. The lowest BCUT2D eigenvalue weighted by atomic mass is 10.3. The third kappa shape index (κ3) is 3.55. The van der Waals surface area contributed by atoms with E-state index in [-0.39, 0.29) is 0 Å². The Morgan fingerprint density at radius 2 is 2.21 bits per heavy atom. The van der Waals surface area contributed by atoms with E-state index >= 15 is 0 Å². The molecule has 14 heavy (non-hydrogen) atoms. The fourth-order valence-electron chi connectivity index (χ4n) is 0.955. The van der Waals surface area contributed by atoms with Gasteiger partial charge < -0.3 is 9.50 Å². The Bertz CT molecular complexity index is 315. The highest BCUT2D eigenvalue weighted by atomic mass is 32.2. The number of hydrogen-bond donors (Lipinski definition) is 1. The van der Waals surface area contributed by atoms with Crippen LogP contribution in [0.15, 0.2) is 24.3 Å². The summed E-state index contributed by atoms with van der Waals surface area (Å²) in [5.74, 6) is 1.74. The van der Waals surface area contributed by atoms with E-state index in [2.05, 4.69) is 5.32 Å². The lowest BCUT2D eigenvalue weighted by molar-refractivity contribution is 0.650. The monoisotopic (exact) mass is 227 g/mol. The van der Waals surface area contributed by atoms with Gasteiger partial charge in [0.25, 0.3) is 0 Å². The summed E-state index contributed by atoms with van der Waals surface area (Å²) in [5.41, 5.74) is 0.918. The lowest BCUT2D eigenvalue weighted by Crippen LogP contribution is -2.04. The minimum Gasteiger partial charge on any atom is -0.424 e. The first kappa shape index (κ1) is 11.3. The maximum atomic E-state index is 5.48. The van der Waals surface area contributed by atoms with E-state index in [1.165, 1.54) is 12.0 Å². The third-order valence-corrected chi connectivity index (χ3v) is 2.10. The second-order valence-electron chi connectivity index (χ2n) is 2.67. The summed E-state index contributed by atoms with van der Waals surface area (Å²) in [6.45, 7) is 3.89. The van der Waals surface area contributed by atoms with Crippen molar-refractivity contribution in [3.8, 4) is 5.75 Å². The number of nitrogens with one attached hydrogen (secondary N) is 1. The second-order valence-corrected chi connectivity index (χ2v) is 4.26.